The van der Waals surface area contributed by atoms with Gasteiger partial charge in [-0.25, -0.2) is 9.37 Å². The quantitative estimate of drug-likeness (QED) is 0.838. The van der Waals surface area contributed by atoms with Crippen molar-refractivity contribution in [2.24, 2.45) is 5.41 Å². The van der Waals surface area contributed by atoms with Crippen LogP contribution in [0.25, 0.3) is 11.4 Å². The number of nitrogens with one attached hydrogen (secondary N) is 2. The number of H-pyrrole nitrogens is 1. The predicted molar refractivity (Wildman–Crippen MR) is 73.8 cm³/mol. The molecule has 104 valence electrons. The summed E-state index contributed by atoms with van der Waals surface area (Å²) < 4.78 is 13.3. The number of carbonyl (C=O) groups is 1. The highest BCUT2D eigenvalue weighted by molar-refractivity contribution is 5.94. The van der Waals surface area contributed by atoms with Gasteiger partial charge in [0, 0.05) is 17.8 Å². The normalized spacial score (nSPS) is 17.2. The van der Waals surface area contributed by atoms with Crippen LogP contribution in [0.3, 0.4) is 0 Å². The molecule has 1 aromatic carbocycles. The Bertz CT molecular complexity index is 676. The van der Waals surface area contributed by atoms with Gasteiger partial charge in [0.1, 0.15) is 17.3 Å². The average Bonchev–Trinajstić information content (AvgIpc) is 2.75. The summed E-state index contributed by atoms with van der Waals surface area (Å²) in [7, 11) is 0. The number of hydrogen-bond donors (Lipinski definition) is 2. The van der Waals surface area contributed by atoms with Gasteiger partial charge in [0.15, 0.2) is 0 Å². The number of benzene rings is 1. The van der Waals surface area contributed by atoms with E-state index in [1.54, 1.807) is 12.1 Å². The highest BCUT2D eigenvalue weighted by Gasteiger charge is 2.29. The largest absolute Gasteiger partial charge is 0.350 e. The smallest absolute Gasteiger partial charge is 0.271 e. The Morgan fingerprint density at radius 1 is 1.35 bits per heavy atom. The Labute approximate surface area is 116 Å². The van der Waals surface area contributed by atoms with Crippen LogP contribution in [0, 0.1) is 11.2 Å². The molecule has 0 unspecified atom stereocenters. The Morgan fingerprint density at radius 2 is 2.15 bits per heavy atom. The standard InChI is InChI=1S/C15H16FN3O/c1-15(2)7-11-12(14(20)17-8-15)19-13(18-11)9-4-3-5-10(16)6-9/h3-6H,7-8H2,1-2H3,(H,17,20)(H,18,19). The SMILES string of the molecule is CC1(C)CNC(=O)c2nc(-c3cccc(F)c3)[nH]c2C1. The van der Waals surface area contributed by atoms with E-state index in [-0.39, 0.29) is 17.1 Å². The zero-order valence-corrected chi connectivity index (χ0v) is 11.5. The van der Waals surface area contributed by atoms with Crippen LogP contribution in [0.15, 0.2) is 24.3 Å². The van der Waals surface area contributed by atoms with E-state index >= 15 is 0 Å². The lowest BCUT2D eigenvalue weighted by molar-refractivity contribution is 0.0940. The third kappa shape index (κ3) is 2.31. The molecule has 4 nitrogen and oxygen atoms in total. The Hall–Kier alpha value is -2.17. The fourth-order valence-corrected chi connectivity index (χ4v) is 2.44. The molecule has 20 heavy (non-hydrogen) atoms. The van der Waals surface area contributed by atoms with Crippen molar-refractivity contribution in [3.63, 3.8) is 0 Å². The maximum atomic E-state index is 13.3. The van der Waals surface area contributed by atoms with Crippen LogP contribution in [0.5, 0.6) is 0 Å². The molecule has 1 aliphatic rings. The summed E-state index contributed by atoms with van der Waals surface area (Å²) >= 11 is 0. The van der Waals surface area contributed by atoms with Crippen molar-refractivity contribution in [2.75, 3.05) is 6.54 Å². The lowest BCUT2D eigenvalue weighted by atomic mass is 9.88. The van der Waals surface area contributed by atoms with Gasteiger partial charge in [-0.3, -0.25) is 4.79 Å². The Morgan fingerprint density at radius 3 is 2.90 bits per heavy atom. The van der Waals surface area contributed by atoms with Gasteiger partial charge in [-0.15, -0.1) is 0 Å². The van der Waals surface area contributed by atoms with Gasteiger partial charge in [-0.2, -0.15) is 0 Å². The third-order valence-corrected chi connectivity index (χ3v) is 3.47. The number of nitrogens with zero attached hydrogens (tertiary/aromatic N) is 1. The van der Waals surface area contributed by atoms with E-state index < -0.39 is 0 Å². The first-order valence-electron chi connectivity index (χ1n) is 6.58. The monoisotopic (exact) mass is 273 g/mol. The highest BCUT2D eigenvalue weighted by atomic mass is 19.1. The van der Waals surface area contributed by atoms with Crippen molar-refractivity contribution in [3.8, 4) is 11.4 Å². The summed E-state index contributed by atoms with van der Waals surface area (Å²) in [5.74, 6) is 0.0331. The molecule has 0 spiro atoms. The van der Waals surface area contributed by atoms with Gasteiger partial charge in [0.25, 0.3) is 5.91 Å². The molecule has 2 heterocycles. The molecule has 1 aromatic heterocycles. The zero-order chi connectivity index (χ0) is 14.3. The fourth-order valence-electron chi connectivity index (χ4n) is 2.44. The summed E-state index contributed by atoms with van der Waals surface area (Å²) in [6, 6.07) is 6.18. The molecule has 0 bridgehead atoms. The van der Waals surface area contributed by atoms with Gasteiger partial charge >= 0.3 is 0 Å². The van der Waals surface area contributed by atoms with Crippen LogP contribution in [0.1, 0.15) is 30.0 Å². The number of rotatable bonds is 1. The molecule has 0 radical (unpaired) electrons. The van der Waals surface area contributed by atoms with Crippen molar-refractivity contribution in [3.05, 3.63) is 41.5 Å². The zero-order valence-electron chi connectivity index (χ0n) is 11.5. The second-order valence-electron chi connectivity index (χ2n) is 5.95. The average molecular weight is 273 g/mol. The summed E-state index contributed by atoms with van der Waals surface area (Å²) in [5, 5.41) is 2.87. The highest BCUT2D eigenvalue weighted by Crippen LogP contribution is 2.27. The summed E-state index contributed by atoms with van der Waals surface area (Å²) in [4.78, 5) is 19.5. The molecule has 0 aliphatic carbocycles. The molecule has 2 aromatic rings. The molecular weight excluding hydrogens is 257 g/mol. The summed E-state index contributed by atoms with van der Waals surface area (Å²) in [5.41, 5.74) is 1.83. The van der Waals surface area contributed by atoms with Crippen molar-refractivity contribution in [1.82, 2.24) is 15.3 Å². The number of aromatic nitrogens is 2. The topological polar surface area (TPSA) is 57.8 Å². The lowest BCUT2D eigenvalue weighted by Gasteiger charge is -2.21. The molecule has 5 heteroatoms. The van der Waals surface area contributed by atoms with E-state index in [4.69, 9.17) is 0 Å². The van der Waals surface area contributed by atoms with Crippen molar-refractivity contribution in [2.45, 2.75) is 20.3 Å². The molecule has 0 atom stereocenters. The minimum Gasteiger partial charge on any atom is -0.350 e. The summed E-state index contributed by atoms with van der Waals surface area (Å²) in [6.45, 7) is 4.79. The summed E-state index contributed by atoms with van der Waals surface area (Å²) in [6.07, 6.45) is 0.726. The molecule has 1 aliphatic heterocycles. The molecule has 1 amide bonds. The number of fused-ring (bicyclic) bond motifs is 1. The Kier molecular flexibility index (Phi) is 2.85. The van der Waals surface area contributed by atoms with E-state index in [0.717, 1.165) is 12.1 Å². The Balaban J connectivity index is 2.06. The number of halogens is 1. The van der Waals surface area contributed by atoms with Crippen LogP contribution in [-0.2, 0) is 6.42 Å². The number of amides is 1. The number of imidazole rings is 1. The van der Waals surface area contributed by atoms with Gasteiger partial charge in [-0.1, -0.05) is 26.0 Å². The fraction of sp³-hybridized carbons (Fsp3) is 0.333. The van der Waals surface area contributed by atoms with Gasteiger partial charge in [-0.05, 0) is 24.0 Å². The second-order valence-corrected chi connectivity index (χ2v) is 5.95. The van der Waals surface area contributed by atoms with Gasteiger partial charge in [0.2, 0.25) is 0 Å². The van der Waals surface area contributed by atoms with Crippen molar-refractivity contribution in [1.29, 1.82) is 0 Å². The minimum absolute atomic E-state index is 0.0351. The number of aromatic amines is 1. The van der Waals surface area contributed by atoms with Crippen LogP contribution in [0.4, 0.5) is 4.39 Å². The van der Waals surface area contributed by atoms with E-state index in [9.17, 15) is 9.18 Å². The van der Waals surface area contributed by atoms with Crippen LogP contribution in [-0.4, -0.2) is 22.4 Å². The van der Waals surface area contributed by atoms with Crippen LogP contribution >= 0.6 is 0 Å². The minimum atomic E-state index is -0.320. The maximum Gasteiger partial charge on any atom is 0.271 e. The third-order valence-electron chi connectivity index (χ3n) is 3.47. The second kappa shape index (κ2) is 4.44. The van der Waals surface area contributed by atoms with Crippen molar-refractivity contribution < 1.29 is 9.18 Å². The molecule has 0 saturated carbocycles. The van der Waals surface area contributed by atoms with Crippen molar-refractivity contribution >= 4 is 5.91 Å². The molecule has 0 fully saturated rings. The molecule has 3 rings (SSSR count). The predicted octanol–water partition coefficient (Wildman–Crippen LogP) is 2.53. The van der Waals surface area contributed by atoms with Gasteiger partial charge < -0.3 is 10.3 Å². The van der Waals surface area contributed by atoms with Gasteiger partial charge in [0.05, 0.1) is 0 Å². The lowest BCUT2D eigenvalue weighted by Crippen LogP contribution is -2.32. The molecule has 0 saturated heterocycles. The number of carbonyl (C=O) groups excluding carboxylic acids is 1. The number of hydrogen-bond acceptors (Lipinski definition) is 2. The molecule has 2 N–H and O–H groups in total. The molecular formula is C15H16FN3O. The first-order chi connectivity index (χ1) is 9.44. The van der Waals surface area contributed by atoms with Crippen LogP contribution < -0.4 is 5.32 Å². The first kappa shape index (κ1) is 12.8. The first-order valence-corrected chi connectivity index (χ1v) is 6.58. The van der Waals surface area contributed by atoms with Crippen LogP contribution in [0.2, 0.25) is 0 Å². The van der Waals surface area contributed by atoms with E-state index in [1.807, 2.05) is 0 Å². The van der Waals surface area contributed by atoms with E-state index in [1.165, 1.54) is 12.1 Å². The maximum absolute atomic E-state index is 13.3. The van der Waals surface area contributed by atoms with E-state index in [2.05, 4.69) is 29.1 Å². The van der Waals surface area contributed by atoms with E-state index in [0.29, 0.717) is 23.6 Å².